The molecule has 1 aromatic heterocycles. The van der Waals surface area contributed by atoms with Gasteiger partial charge in [-0.05, 0) is 30.2 Å². The van der Waals surface area contributed by atoms with Crippen LogP contribution < -0.4 is 9.39 Å². The van der Waals surface area contributed by atoms with E-state index in [4.69, 9.17) is 9.39 Å². The summed E-state index contributed by atoms with van der Waals surface area (Å²) in [6.45, 7) is -1.81. The fraction of sp³-hybridized carbons (Fsp3) is 0.294. The van der Waals surface area contributed by atoms with E-state index in [1.807, 2.05) is 12.1 Å². The third kappa shape index (κ3) is 3.31. The number of hydrogen-bond donors (Lipinski definition) is 2. The number of aromatic nitrogens is 1. The van der Waals surface area contributed by atoms with Gasteiger partial charge < -0.3 is 24.3 Å². The van der Waals surface area contributed by atoms with Gasteiger partial charge in [-0.25, -0.2) is 0 Å². The van der Waals surface area contributed by atoms with Crippen LogP contribution in [0.25, 0.3) is 0 Å². The van der Waals surface area contributed by atoms with Gasteiger partial charge in [0.05, 0.1) is 18.8 Å². The molecule has 1 fully saturated rings. The van der Waals surface area contributed by atoms with E-state index in [9.17, 15) is 14.8 Å². The highest BCUT2D eigenvalue weighted by atomic mass is 16.6. The number of aryl methyl sites for hydroxylation is 1. The minimum Gasteiger partial charge on any atom is -0.670 e. The molecule has 0 spiro atoms. The molecular formula is C17H18BN2O5-. The summed E-state index contributed by atoms with van der Waals surface area (Å²) in [5.41, 5.74) is 1.35. The Morgan fingerprint density at radius 2 is 2.12 bits per heavy atom. The highest BCUT2D eigenvalue weighted by Crippen LogP contribution is 2.33. The van der Waals surface area contributed by atoms with E-state index in [0.717, 1.165) is 5.56 Å². The van der Waals surface area contributed by atoms with Crippen LogP contribution in [-0.4, -0.2) is 51.8 Å². The summed E-state index contributed by atoms with van der Waals surface area (Å²) in [6, 6.07) is 10.6. The maximum Gasteiger partial charge on any atom is 0.430 e. The van der Waals surface area contributed by atoms with Crippen LogP contribution in [0.5, 0.6) is 11.5 Å². The first kappa shape index (κ1) is 15.9. The molecule has 8 heteroatoms. The Bertz CT molecular complexity index is 793. The Morgan fingerprint density at radius 3 is 2.88 bits per heavy atom. The largest absolute Gasteiger partial charge is 0.670 e. The second-order valence-corrected chi connectivity index (χ2v) is 6.45. The lowest BCUT2D eigenvalue weighted by atomic mass is 9.70. The molecule has 0 aliphatic carbocycles. The van der Waals surface area contributed by atoms with Gasteiger partial charge in [0.15, 0.2) is 0 Å². The van der Waals surface area contributed by atoms with E-state index in [1.54, 1.807) is 35.4 Å². The van der Waals surface area contributed by atoms with Crippen molar-refractivity contribution in [2.75, 3.05) is 13.1 Å². The summed E-state index contributed by atoms with van der Waals surface area (Å²) in [5, 5.41) is 19.3. The van der Waals surface area contributed by atoms with Crippen LogP contribution in [0.4, 0.5) is 0 Å². The summed E-state index contributed by atoms with van der Waals surface area (Å²) >= 11 is 0. The summed E-state index contributed by atoms with van der Waals surface area (Å²) in [4.78, 5) is 18.0. The number of benzene rings is 1. The van der Waals surface area contributed by atoms with Crippen LogP contribution in [0.15, 0.2) is 42.6 Å². The van der Waals surface area contributed by atoms with Gasteiger partial charge in [-0.1, -0.05) is 18.5 Å². The van der Waals surface area contributed by atoms with Crippen molar-refractivity contribution in [1.29, 1.82) is 0 Å². The van der Waals surface area contributed by atoms with Crippen molar-refractivity contribution in [3.8, 4) is 11.5 Å². The number of carbonyl (C=O) groups is 1. The Kier molecular flexibility index (Phi) is 3.86. The highest BCUT2D eigenvalue weighted by molar-refractivity contribution is 6.58. The first-order chi connectivity index (χ1) is 12.0. The molecule has 1 amide bonds. The number of ether oxygens (including phenoxy) is 1. The van der Waals surface area contributed by atoms with E-state index in [2.05, 4.69) is 4.98 Å². The number of likely N-dealkylation sites (tertiary alicyclic amines) is 1. The number of amides is 1. The molecule has 4 rings (SSSR count). The first-order valence-electron chi connectivity index (χ1n) is 8.29. The molecule has 1 aromatic carbocycles. The molecule has 2 aliphatic heterocycles. The quantitative estimate of drug-likeness (QED) is 0.804. The highest BCUT2D eigenvalue weighted by Gasteiger charge is 2.34. The molecule has 25 heavy (non-hydrogen) atoms. The van der Waals surface area contributed by atoms with Crippen molar-refractivity contribution in [2.24, 2.45) is 0 Å². The zero-order valence-electron chi connectivity index (χ0n) is 13.5. The van der Waals surface area contributed by atoms with Gasteiger partial charge in [0.2, 0.25) is 0 Å². The molecule has 0 radical (unpaired) electrons. The molecule has 7 nitrogen and oxygen atoms in total. The average molecular weight is 341 g/mol. The Morgan fingerprint density at radius 1 is 1.28 bits per heavy atom. The fourth-order valence-corrected chi connectivity index (χ4v) is 3.05. The molecule has 2 N–H and O–H groups in total. The van der Waals surface area contributed by atoms with Gasteiger partial charge in [0, 0.05) is 12.3 Å². The maximum absolute atomic E-state index is 12.2. The van der Waals surface area contributed by atoms with E-state index >= 15 is 0 Å². The van der Waals surface area contributed by atoms with Crippen LogP contribution in [0.2, 0.25) is 6.32 Å². The second kappa shape index (κ2) is 6.05. The number of fused-ring (bicyclic) bond motifs is 1. The van der Waals surface area contributed by atoms with Crippen LogP contribution in [0.1, 0.15) is 16.1 Å². The predicted octanol–water partition coefficient (Wildman–Crippen LogP) is 0.843. The van der Waals surface area contributed by atoms with Crippen molar-refractivity contribution in [3.05, 3.63) is 53.9 Å². The summed E-state index contributed by atoms with van der Waals surface area (Å²) in [6.07, 6.45) is 2.24. The van der Waals surface area contributed by atoms with Crippen LogP contribution >= 0.6 is 0 Å². The number of carbonyl (C=O) groups excluding carboxylic acids is 1. The molecule has 130 valence electrons. The molecule has 1 saturated heterocycles. The van der Waals surface area contributed by atoms with Crippen molar-refractivity contribution < 1.29 is 24.2 Å². The molecule has 0 unspecified atom stereocenters. The monoisotopic (exact) mass is 341 g/mol. The Hall–Kier alpha value is -2.58. The molecule has 0 atom stereocenters. The van der Waals surface area contributed by atoms with Crippen molar-refractivity contribution in [3.63, 3.8) is 0 Å². The van der Waals surface area contributed by atoms with Crippen LogP contribution in [-0.2, 0) is 6.42 Å². The molecule has 0 saturated carbocycles. The van der Waals surface area contributed by atoms with Gasteiger partial charge >= 0.3 is 6.75 Å². The van der Waals surface area contributed by atoms with Crippen molar-refractivity contribution in [1.82, 2.24) is 9.88 Å². The Balaban J connectivity index is 1.36. The predicted molar refractivity (Wildman–Crippen MR) is 90.3 cm³/mol. The minimum atomic E-state index is -2.78. The van der Waals surface area contributed by atoms with Gasteiger partial charge in [-0.3, -0.25) is 9.78 Å². The average Bonchev–Trinajstić information content (AvgIpc) is 2.57. The molecule has 3 heterocycles. The summed E-state index contributed by atoms with van der Waals surface area (Å²) in [5.74, 6) is 0.916. The van der Waals surface area contributed by atoms with Crippen LogP contribution in [0.3, 0.4) is 0 Å². The molecule has 2 aliphatic rings. The zero-order valence-corrected chi connectivity index (χ0v) is 13.5. The van der Waals surface area contributed by atoms with Gasteiger partial charge in [-0.2, -0.15) is 0 Å². The lowest BCUT2D eigenvalue weighted by Gasteiger charge is -2.39. The SMILES string of the molecule is O=C(c1ccccn1)N1CC(Oc2ccc3c(c2)O[B-](O)(O)CC3)C1. The minimum absolute atomic E-state index is 0.104. The number of hydrogen-bond acceptors (Lipinski definition) is 6. The number of rotatable bonds is 3. The standard InChI is InChI=1S/C17H18BN2O5/c21-17(15-3-1-2-8-19-15)20-10-14(11-20)24-13-5-4-12-6-7-18(22,23)25-16(12)9-13/h1-5,8-9,14,22-23H,6-7,10-11H2/q-1. The number of nitrogens with zero attached hydrogens (tertiary/aromatic N) is 2. The maximum atomic E-state index is 12.2. The fourth-order valence-electron chi connectivity index (χ4n) is 3.05. The lowest BCUT2D eigenvalue weighted by Crippen LogP contribution is -2.56. The normalized spacial score (nSPS) is 18.7. The smallest absolute Gasteiger partial charge is 0.430 e. The number of pyridine rings is 1. The third-order valence-electron chi connectivity index (χ3n) is 4.47. The molecule has 0 bridgehead atoms. The Labute approximate surface area is 144 Å². The van der Waals surface area contributed by atoms with Crippen molar-refractivity contribution in [2.45, 2.75) is 18.8 Å². The van der Waals surface area contributed by atoms with E-state index < -0.39 is 6.75 Å². The first-order valence-corrected chi connectivity index (χ1v) is 8.29. The molecular weight excluding hydrogens is 323 g/mol. The van der Waals surface area contributed by atoms with Gasteiger partial charge in [0.1, 0.15) is 17.5 Å². The lowest BCUT2D eigenvalue weighted by molar-refractivity contribution is 0.0172. The summed E-state index contributed by atoms with van der Waals surface area (Å²) in [7, 11) is 0. The summed E-state index contributed by atoms with van der Waals surface area (Å²) < 4.78 is 11.1. The zero-order chi connectivity index (χ0) is 17.4. The van der Waals surface area contributed by atoms with E-state index in [0.29, 0.717) is 36.7 Å². The van der Waals surface area contributed by atoms with E-state index in [-0.39, 0.29) is 18.3 Å². The third-order valence-corrected chi connectivity index (χ3v) is 4.47. The van der Waals surface area contributed by atoms with Crippen molar-refractivity contribution >= 4 is 12.7 Å². The second-order valence-electron chi connectivity index (χ2n) is 6.45. The van der Waals surface area contributed by atoms with Gasteiger partial charge in [0.25, 0.3) is 5.91 Å². The topological polar surface area (TPSA) is 92.1 Å². The van der Waals surface area contributed by atoms with Gasteiger partial charge in [-0.15, -0.1) is 0 Å². The molecule has 2 aromatic rings. The van der Waals surface area contributed by atoms with E-state index in [1.165, 1.54) is 0 Å². The van der Waals surface area contributed by atoms with Crippen LogP contribution in [0, 0.1) is 0 Å².